The van der Waals surface area contributed by atoms with Gasteiger partial charge in [-0.2, -0.15) is 4.98 Å². The summed E-state index contributed by atoms with van der Waals surface area (Å²) in [6.07, 6.45) is 5.42. The van der Waals surface area contributed by atoms with E-state index in [1.807, 2.05) is 30.3 Å². The lowest BCUT2D eigenvalue weighted by Crippen LogP contribution is -2.50. The van der Waals surface area contributed by atoms with Crippen molar-refractivity contribution >= 4 is 35.0 Å². The Morgan fingerprint density at radius 1 is 0.875 bits per heavy atom. The average molecular weight is 544 g/mol. The van der Waals surface area contributed by atoms with Gasteiger partial charge in [0.2, 0.25) is 5.95 Å². The second-order valence-electron chi connectivity index (χ2n) is 10.2. The number of nitrogens with zero attached hydrogens (tertiary/aromatic N) is 5. The van der Waals surface area contributed by atoms with E-state index in [1.54, 1.807) is 35.4 Å². The van der Waals surface area contributed by atoms with Gasteiger partial charge in [-0.3, -0.25) is 4.79 Å². The Bertz CT molecular complexity index is 1270. The monoisotopic (exact) mass is 543 g/mol. The molecule has 2 aromatic carbocycles. The largest absolute Gasteiger partial charge is 0.494 e. The van der Waals surface area contributed by atoms with Gasteiger partial charge < -0.3 is 30.1 Å². The van der Waals surface area contributed by atoms with Crippen LogP contribution < -0.4 is 20.3 Å². The number of ether oxygens (including phenoxy) is 1. The number of carbonyl (C=O) groups is 2. The second-order valence-corrected chi connectivity index (χ2v) is 10.2. The van der Waals surface area contributed by atoms with Crippen molar-refractivity contribution in [1.29, 1.82) is 0 Å². The Morgan fingerprint density at radius 3 is 2.27 bits per heavy atom. The number of piperazine rings is 1. The Hall–Kier alpha value is -4.18. The van der Waals surface area contributed by atoms with Crippen molar-refractivity contribution in [1.82, 2.24) is 19.8 Å². The second kappa shape index (κ2) is 13.3. The van der Waals surface area contributed by atoms with E-state index in [-0.39, 0.29) is 11.8 Å². The van der Waals surface area contributed by atoms with Crippen LogP contribution in [0.2, 0.25) is 0 Å². The number of urea groups is 1. The highest BCUT2D eigenvalue weighted by Gasteiger charge is 2.22. The molecule has 2 aliphatic heterocycles. The van der Waals surface area contributed by atoms with Crippen LogP contribution in [-0.2, 0) is 0 Å². The van der Waals surface area contributed by atoms with Crippen LogP contribution in [0, 0.1) is 0 Å². The maximum absolute atomic E-state index is 12.7. The number of carbonyl (C=O) groups excluding carboxylic acids is 2. The molecule has 2 N–H and O–H groups in total. The first kappa shape index (κ1) is 27.4. The lowest BCUT2D eigenvalue weighted by atomic mass is 10.1. The SMILES string of the molecule is CC(=O)c1ccc(NC(=O)N2CCN(c3ccnc(Nc4ccc(OCCCN5CCCC5)cc4)n3)CC2)cc1. The maximum Gasteiger partial charge on any atom is 0.321 e. The number of aromatic nitrogens is 2. The lowest BCUT2D eigenvalue weighted by Gasteiger charge is -2.35. The summed E-state index contributed by atoms with van der Waals surface area (Å²) in [5, 5.41) is 6.18. The number of likely N-dealkylation sites (tertiary alicyclic amines) is 1. The van der Waals surface area contributed by atoms with E-state index in [0.29, 0.717) is 43.4 Å². The van der Waals surface area contributed by atoms with Crippen molar-refractivity contribution in [2.24, 2.45) is 0 Å². The topological polar surface area (TPSA) is 103 Å². The molecule has 10 heteroatoms. The lowest BCUT2D eigenvalue weighted by molar-refractivity contribution is 0.101. The molecule has 0 bridgehead atoms. The van der Waals surface area contributed by atoms with Gasteiger partial charge >= 0.3 is 6.03 Å². The summed E-state index contributed by atoms with van der Waals surface area (Å²) in [6.45, 7) is 8.26. The fourth-order valence-electron chi connectivity index (χ4n) is 4.96. The smallest absolute Gasteiger partial charge is 0.321 e. The zero-order chi connectivity index (χ0) is 27.7. The predicted molar refractivity (Wildman–Crippen MR) is 157 cm³/mol. The van der Waals surface area contributed by atoms with Gasteiger partial charge in [-0.15, -0.1) is 0 Å². The van der Waals surface area contributed by atoms with Crippen LogP contribution in [0.25, 0.3) is 0 Å². The first-order valence-electron chi connectivity index (χ1n) is 14.0. The molecule has 10 nitrogen and oxygen atoms in total. The summed E-state index contributed by atoms with van der Waals surface area (Å²) >= 11 is 0. The van der Waals surface area contributed by atoms with Gasteiger partial charge in [0.25, 0.3) is 0 Å². The summed E-state index contributed by atoms with van der Waals surface area (Å²) in [6, 6.07) is 16.5. The molecule has 0 saturated carbocycles. The molecule has 0 aliphatic carbocycles. The fraction of sp³-hybridized carbons (Fsp3) is 0.400. The van der Waals surface area contributed by atoms with Crippen LogP contribution in [0.3, 0.4) is 0 Å². The van der Waals surface area contributed by atoms with Gasteiger partial charge in [-0.25, -0.2) is 9.78 Å². The van der Waals surface area contributed by atoms with Crippen LogP contribution in [0.15, 0.2) is 60.8 Å². The highest BCUT2D eigenvalue weighted by Crippen LogP contribution is 2.21. The van der Waals surface area contributed by atoms with Crippen molar-refractivity contribution in [3.05, 3.63) is 66.4 Å². The Kier molecular flexibility index (Phi) is 9.07. The average Bonchev–Trinajstić information content (AvgIpc) is 3.50. The van der Waals surface area contributed by atoms with E-state index >= 15 is 0 Å². The molecular weight excluding hydrogens is 506 g/mol. The highest BCUT2D eigenvalue weighted by molar-refractivity contribution is 5.95. The summed E-state index contributed by atoms with van der Waals surface area (Å²) in [4.78, 5) is 39.7. The molecule has 3 heterocycles. The number of hydrogen-bond donors (Lipinski definition) is 2. The van der Waals surface area contributed by atoms with Crippen molar-refractivity contribution < 1.29 is 14.3 Å². The van der Waals surface area contributed by atoms with E-state index in [9.17, 15) is 9.59 Å². The normalized spacial score (nSPS) is 15.6. The Balaban J connectivity index is 1.07. The van der Waals surface area contributed by atoms with Crippen molar-refractivity contribution in [3.63, 3.8) is 0 Å². The van der Waals surface area contributed by atoms with Gasteiger partial charge in [0.05, 0.1) is 6.61 Å². The minimum Gasteiger partial charge on any atom is -0.494 e. The molecule has 5 rings (SSSR count). The Morgan fingerprint density at radius 2 is 1.57 bits per heavy atom. The highest BCUT2D eigenvalue weighted by atomic mass is 16.5. The van der Waals surface area contributed by atoms with Gasteiger partial charge in [0, 0.05) is 55.9 Å². The Labute approximate surface area is 235 Å². The molecule has 2 aliphatic rings. The number of rotatable bonds is 10. The molecule has 1 aromatic heterocycles. The van der Waals surface area contributed by atoms with Crippen molar-refractivity contribution in [3.8, 4) is 5.75 Å². The van der Waals surface area contributed by atoms with Crippen LogP contribution in [0.4, 0.5) is 27.9 Å². The molecule has 210 valence electrons. The van der Waals surface area contributed by atoms with Crippen LogP contribution >= 0.6 is 0 Å². The number of nitrogens with one attached hydrogen (secondary N) is 2. The third-order valence-corrected chi connectivity index (χ3v) is 7.27. The van der Waals surface area contributed by atoms with Crippen molar-refractivity contribution in [2.75, 3.05) is 68.0 Å². The molecular formula is C30H37N7O3. The minimum atomic E-state index is -0.153. The first-order chi connectivity index (χ1) is 19.5. The maximum atomic E-state index is 12.7. The summed E-state index contributed by atoms with van der Waals surface area (Å²) in [7, 11) is 0. The molecule has 0 unspecified atom stereocenters. The molecule has 2 fully saturated rings. The van der Waals surface area contributed by atoms with Crippen molar-refractivity contribution in [2.45, 2.75) is 26.2 Å². The molecule has 0 spiro atoms. The van der Waals surface area contributed by atoms with E-state index in [4.69, 9.17) is 9.72 Å². The third kappa shape index (κ3) is 7.47. The molecule has 0 atom stereocenters. The number of amides is 2. The summed E-state index contributed by atoms with van der Waals surface area (Å²) in [5.74, 6) is 2.19. The quantitative estimate of drug-likeness (QED) is 0.282. The molecule has 2 saturated heterocycles. The van der Waals surface area contributed by atoms with Crippen LogP contribution in [0.1, 0.15) is 36.5 Å². The number of hydrogen-bond acceptors (Lipinski definition) is 8. The third-order valence-electron chi connectivity index (χ3n) is 7.27. The van der Waals surface area contributed by atoms with E-state index in [2.05, 4.69) is 25.4 Å². The van der Waals surface area contributed by atoms with E-state index in [0.717, 1.165) is 36.8 Å². The van der Waals surface area contributed by atoms with Crippen LogP contribution in [-0.4, -0.2) is 84.0 Å². The van der Waals surface area contributed by atoms with E-state index < -0.39 is 0 Å². The summed E-state index contributed by atoms with van der Waals surface area (Å²) < 4.78 is 5.90. The molecule has 0 radical (unpaired) electrons. The molecule has 40 heavy (non-hydrogen) atoms. The number of Topliss-reactive ketones (excluding diaryl/α,β-unsaturated/α-hetero) is 1. The van der Waals surface area contributed by atoms with E-state index in [1.165, 1.54) is 32.9 Å². The summed E-state index contributed by atoms with van der Waals surface area (Å²) in [5.41, 5.74) is 2.18. The predicted octanol–water partition coefficient (Wildman–Crippen LogP) is 4.64. The number of anilines is 4. The fourth-order valence-corrected chi connectivity index (χ4v) is 4.96. The molecule has 3 aromatic rings. The number of benzene rings is 2. The standard InChI is InChI=1S/C30H37N7O3/c1-23(38)24-5-7-26(8-6-24)33-30(39)37-20-18-36(19-21-37)28-13-14-31-29(34-28)32-25-9-11-27(12-10-25)40-22-4-17-35-15-2-3-16-35/h5-14H,2-4,15-22H2,1H3,(H,33,39)(H,31,32,34). The molecule has 2 amide bonds. The van der Waals surface area contributed by atoms with Gasteiger partial charge in [0.15, 0.2) is 5.78 Å². The zero-order valence-electron chi connectivity index (χ0n) is 23.0. The number of ketones is 1. The van der Waals surface area contributed by atoms with Gasteiger partial charge in [-0.1, -0.05) is 0 Å². The van der Waals surface area contributed by atoms with Gasteiger partial charge in [-0.05, 0) is 93.9 Å². The van der Waals surface area contributed by atoms with Gasteiger partial charge in [0.1, 0.15) is 11.6 Å². The first-order valence-corrected chi connectivity index (χ1v) is 14.0. The minimum absolute atomic E-state index is 0.00139. The zero-order valence-corrected chi connectivity index (χ0v) is 23.0. The van der Waals surface area contributed by atoms with Crippen LogP contribution in [0.5, 0.6) is 5.75 Å².